The van der Waals surface area contributed by atoms with Gasteiger partial charge < -0.3 is 20.7 Å². The summed E-state index contributed by atoms with van der Waals surface area (Å²) in [5, 5.41) is 19.2. The van der Waals surface area contributed by atoms with E-state index in [0.717, 1.165) is 30.3 Å². The molecule has 154 valence electrons. The van der Waals surface area contributed by atoms with Crippen molar-refractivity contribution >= 4 is 23.0 Å². The Morgan fingerprint density at radius 3 is 2.79 bits per heavy atom. The minimum atomic E-state index is -0.834. The normalized spacial score (nSPS) is 22.2. The molecule has 1 aliphatic rings. The van der Waals surface area contributed by atoms with Gasteiger partial charge in [0, 0.05) is 12.8 Å². The van der Waals surface area contributed by atoms with Gasteiger partial charge in [-0.25, -0.2) is 9.55 Å². The average molecular weight is 393 g/mol. The van der Waals surface area contributed by atoms with Crippen molar-refractivity contribution in [3.63, 3.8) is 0 Å². The third-order valence-electron chi connectivity index (χ3n) is 5.06. The molecule has 0 aliphatic carbocycles. The van der Waals surface area contributed by atoms with Crippen molar-refractivity contribution < 1.29 is 19.7 Å². The van der Waals surface area contributed by atoms with Gasteiger partial charge in [0.25, 0.3) is 5.56 Å². The van der Waals surface area contributed by atoms with Crippen molar-refractivity contribution in [2.45, 2.75) is 70.3 Å². The first-order valence-corrected chi connectivity index (χ1v) is 9.70. The zero-order chi connectivity index (χ0) is 20.3. The molecule has 0 unspecified atom stereocenters. The fourth-order valence-electron chi connectivity index (χ4n) is 3.48. The summed E-state index contributed by atoms with van der Waals surface area (Å²) in [5.41, 5.74) is 5.49. The molecule has 3 rings (SSSR count). The number of unbranched alkanes of at least 4 members (excludes halogenated alkanes) is 4. The van der Waals surface area contributed by atoms with Crippen molar-refractivity contribution in [1.82, 2.24) is 19.1 Å². The molecule has 0 radical (unpaired) electrons. The summed E-state index contributed by atoms with van der Waals surface area (Å²) in [7, 11) is 0. The molecule has 28 heavy (non-hydrogen) atoms. The fraction of sp³-hybridized carbons (Fsp3) is 0.667. The lowest BCUT2D eigenvalue weighted by atomic mass is 10.1. The van der Waals surface area contributed by atoms with Crippen LogP contribution < -0.4 is 11.3 Å². The molecule has 10 nitrogen and oxygen atoms in total. The van der Waals surface area contributed by atoms with E-state index in [1.807, 2.05) is 0 Å². The number of aliphatic hydroxyl groups is 2. The van der Waals surface area contributed by atoms with E-state index in [0.29, 0.717) is 6.42 Å². The molecule has 3 atom stereocenters. The van der Waals surface area contributed by atoms with Crippen molar-refractivity contribution in [2.75, 3.05) is 12.3 Å². The van der Waals surface area contributed by atoms with Gasteiger partial charge >= 0.3 is 0 Å². The van der Waals surface area contributed by atoms with E-state index in [2.05, 4.69) is 16.9 Å². The fourth-order valence-corrected chi connectivity index (χ4v) is 3.48. The molecule has 0 aromatic carbocycles. The van der Waals surface area contributed by atoms with Gasteiger partial charge in [0.15, 0.2) is 11.2 Å². The predicted molar refractivity (Wildman–Crippen MR) is 102 cm³/mol. The first-order chi connectivity index (χ1) is 13.5. The van der Waals surface area contributed by atoms with Gasteiger partial charge in [-0.05, 0) is 6.42 Å². The Balaban J connectivity index is 1.82. The number of nitrogen functional groups attached to an aromatic ring is 1. The lowest BCUT2D eigenvalue weighted by molar-refractivity contribution is -0.0432. The largest absolute Gasteiger partial charge is 0.394 e. The van der Waals surface area contributed by atoms with Gasteiger partial charge in [0.05, 0.1) is 19.0 Å². The number of aromatic nitrogens is 4. The second-order valence-electron chi connectivity index (χ2n) is 7.11. The van der Waals surface area contributed by atoms with Crippen LogP contribution >= 0.6 is 0 Å². The summed E-state index contributed by atoms with van der Waals surface area (Å²) in [6.07, 6.45) is 4.53. The number of anilines is 1. The molecular formula is C18H27N5O5. The number of hydrogen-bond acceptors (Lipinski definition) is 8. The SMILES string of the molecule is CCCCCCCC(=O)n1c(N)nc2c(ncn2[C@H]2C[C@H](O)[C@@H](CO)O2)c1=O. The van der Waals surface area contributed by atoms with E-state index in [1.54, 1.807) is 0 Å². The Hall–Kier alpha value is -2.30. The molecule has 10 heteroatoms. The summed E-state index contributed by atoms with van der Waals surface area (Å²) >= 11 is 0. The van der Waals surface area contributed by atoms with Crippen LogP contribution in [-0.4, -0.2) is 54.0 Å². The Bertz CT molecular complexity index is 892. The number of nitrogens with zero attached hydrogens (tertiary/aromatic N) is 4. The maximum absolute atomic E-state index is 12.8. The number of nitrogens with two attached hydrogens (primary N) is 1. The highest BCUT2D eigenvalue weighted by atomic mass is 16.5. The molecule has 1 saturated heterocycles. The highest BCUT2D eigenvalue weighted by Gasteiger charge is 2.35. The highest BCUT2D eigenvalue weighted by molar-refractivity contribution is 5.84. The summed E-state index contributed by atoms with van der Waals surface area (Å²) in [5.74, 6) is -0.592. The van der Waals surface area contributed by atoms with E-state index in [9.17, 15) is 19.8 Å². The van der Waals surface area contributed by atoms with Crippen LogP contribution in [0.4, 0.5) is 5.95 Å². The zero-order valence-electron chi connectivity index (χ0n) is 16.0. The molecule has 4 N–H and O–H groups in total. The maximum atomic E-state index is 12.8. The summed E-state index contributed by atoms with van der Waals surface area (Å²) in [4.78, 5) is 33.5. The van der Waals surface area contributed by atoms with Gasteiger partial charge in [-0.1, -0.05) is 32.6 Å². The van der Waals surface area contributed by atoms with Gasteiger partial charge in [-0.2, -0.15) is 4.98 Å². The van der Waals surface area contributed by atoms with Crippen LogP contribution in [0.2, 0.25) is 0 Å². The third-order valence-corrected chi connectivity index (χ3v) is 5.06. The quantitative estimate of drug-likeness (QED) is 0.559. The van der Waals surface area contributed by atoms with Crippen LogP contribution in [-0.2, 0) is 4.74 Å². The first-order valence-electron chi connectivity index (χ1n) is 9.70. The lowest BCUT2D eigenvalue weighted by Crippen LogP contribution is -2.30. The Kier molecular flexibility index (Phi) is 6.42. The monoisotopic (exact) mass is 393 g/mol. The zero-order valence-corrected chi connectivity index (χ0v) is 16.0. The van der Waals surface area contributed by atoms with Crippen molar-refractivity contribution in [2.24, 2.45) is 0 Å². The lowest BCUT2D eigenvalue weighted by Gasteiger charge is -2.14. The predicted octanol–water partition coefficient (Wildman–Crippen LogP) is 0.817. The van der Waals surface area contributed by atoms with Gasteiger partial charge in [-0.3, -0.25) is 14.2 Å². The summed E-state index contributed by atoms with van der Waals surface area (Å²) in [6.45, 7) is 1.80. The van der Waals surface area contributed by atoms with Crippen LogP contribution in [0.5, 0.6) is 0 Å². The van der Waals surface area contributed by atoms with E-state index in [-0.39, 0.29) is 36.6 Å². The number of rotatable bonds is 8. The van der Waals surface area contributed by atoms with Crippen LogP contribution in [0.15, 0.2) is 11.1 Å². The maximum Gasteiger partial charge on any atom is 0.289 e. The second kappa shape index (κ2) is 8.80. The number of imidazole rings is 1. The molecule has 0 amide bonds. The van der Waals surface area contributed by atoms with Gasteiger partial charge in [0.1, 0.15) is 12.3 Å². The molecule has 0 bridgehead atoms. The number of aliphatic hydroxyl groups excluding tert-OH is 2. The van der Waals surface area contributed by atoms with E-state index in [4.69, 9.17) is 10.5 Å². The van der Waals surface area contributed by atoms with Gasteiger partial charge in [-0.15, -0.1) is 0 Å². The summed E-state index contributed by atoms with van der Waals surface area (Å²) < 4.78 is 7.95. The van der Waals surface area contributed by atoms with Crippen LogP contribution in [0.25, 0.3) is 11.2 Å². The molecular weight excluding hydrogens is 366 g/mol. The number of carbonyl (C=O) groups is 1. The average Bonchev–Trinajstić information content (AvgIpc) is 3.24. The standard InChI is InChI=1S/C18H27N5O5/c1-2-3-4-5-6-7-13(26)23-17(27)15-16(21-18(23)19)22(10-20-15)14-8-11(25)12(9-24)28-14/h10-12,14,24-25H,2-9H2,1H3,(H2,19,21)/t11-,12+,14+/m0/s1. The van der Waals surface area contributed by atoms with Crippen LogP contribution in [0.3, 0.4) is 0 Å². The van der Waals surface area contributed by atoms with Crippen molar-refractivity contribution in [3.8, 4) is 0 Å². The van der Waals surface area contributed by atoms with Gasteiger partial charge in [0.2, 0.25) is 11.9 Å². The second-order valence-corrected chi connectivity index (χ2v) is 7.11. The van der Waals surface area contributed by atoms with Crippen LogP contribution in [0, 0.1) is 0 Å². The number of fused-ring (bicyclic) bond motifs is 1. The van der Waals surface area contributed by atoms with E-state index < -0.39 is 29.9 Å². The highest BCUT2D eigenvalue weighted by Crippen LogP contribution is 2.30. The van der Waals surface area contributed by atoms with E-state index in [1.165, 1.54) is 10.9 Å². The molecule has 2 aromatic heterocycles. The first kappa shape index (κ1) is 20.4. The number of hydrogen-bond donors (Lipinski definition) is 3. The minimum Gasteiger partial charge on any atom is -0.394 e. The molecule has 2 aromatic rings. The molecule has 0 spiro atoms. The topological polar surface area (TPSA) is 145 Å². The molecule has 0 saturated carbocycles. The molecule has 1 aliphatic heterocycles. The van der Waals surface area contributed by atoms with Crippen molar-refractivity contribution in [3.05, 3.63) is 16.7 Å². The smallest absolute Gasteiger partial charge is 0.289 e. The molecule has 1 fully saturated rings. The third kappa shape index (κ3) is 3.94. The number of ether oxygens (including phenoxy) is 1. The van der Waals surface area contributed by atoms with Crippen LogP contribution in [0.1, 0.15) is 62.9 Å². The Morgan fingerprint density at radius 1 is 1.36 bits per heavy atom. The Labute approximate surface area is 162 Å². The number of carbonyl (C=O) groups excluding carboxylic acids is 1. The van der Waals surface area contributed by atoms with Crippen molar-refractivity contribution in [1.29, 1.82) is 0 Å². The van der Waals surface area contributed by atoms with E-state index >= 15 is 0 Å². The summed E-state index contributed by atoms with van der Waals surface area (Å²) in [6, 6.07) is 0. The Morgan fingerprint density at radius 2 is 2.11 bits per heavy atom. The minimum absolute atomic E-state index is 0.0130. The molecule has 3 heterocycles.